The third-order valence-corrected chi connectivity index (χ3v) is 1.59. The summed E-state index contributed by atoms with van der Waals surface area (Å²) in [6, 6.07) is 3.73. The van der Waals surface area contributed by atoms with E-state index in [0.717, 1.165) is 17.7 Å². The van der Waals surface area contributed by atoms with E-state index in [-0.39, 0.29) is 0 Å². The lowest BCUT2D eigenvalue weighted by atomic mass is 10.1. The third-order valence-electron chi connectivity index (χ3n) is 1.59. The van der Waals surface area contributed by atoms with E-state index in [0.29, 0.717) is 5.82 Å². The number of hydrogen-bond acceptors (Lipinski definition) is 2. The van der Waals surface area contributed by atoms with Crippen LogP contribution in [0.2, 0.25) is 0 Å². The predicted molar refractivity (Wildman–Crippen MR) is 59.5 cm³/mol. The summed E-state index contributed by atoms with van der Waals surface area (Å²) in [6.45, 7) is 9.74. The second kappa shape index (κ2) is 6.23. The molecule has 0 amide bonds. The molecule has 0 atom stereocenters. The van der Waals surface area contributed by atoms with Gasteiger partial charge in [0.2, 0.25) is 0 Å². The summed E-state index contributed by atoms with van der Waals surface area (Å²) in [5.74, 6) is 0.576. The molecule has 0 saturated carbocycles. The van der Waals surface area contributed by atoms with Crippen LogP contribution >= 0.6 is 0 Å². The van der Waals surface area contributed by atoms with Crippen LogP contribution in [0, 0.1) is 0 Å². The van der Waals surface area contributed by atoms with Gasteiger partial charge in [0.25, 0.3) is 0 Å². The van der Waals surface area contributed by atoms with Gasteiger partial charge in [-0.15, -0.1) is 0 Å². The molecule has 0 bridgehead atoms. The number of rotatable bonds is 2. The Morgan fingerprint density at radius 3 is 2.54 bits per heavy atom. The molecule has 1 heterocycles. The zero-order chi connectivity index (χ0) is 10.3. The first kappa shape index (κ1) is 11.7. The molecule has 13 heavy (non-hydrogen) atoms. The van der Waals surface area contributed by atoms with E-state index in [1.165, 1.54) is 0 Å². The first-order chi connectivity index (χ1) is 6.27. The molecule has 0 aromatic carbocycles. The lowest BCUT2D eigenvalue weighted by Gasteiger charge is -2.01. The molecule has 0 fully saturated rings. The van der Waals surface area contributed by atoms with Gasteiger partial charge < -0.3 is 5.73 Å². The number of nitrogens with zero attached hydrogens (tertiary/aromatic N) is 1. The Morgan fingerprint density at radius 2 is 2.08 bits per heavy atom. The van der Waals surface area contributed by atoms with Gasteiger partial charge in [0.05, 0.1) is 0 Å². The molecule has 0 unspecified atom stereocenters. The Morgan fingerprint density at radius 1 is 1.46 bits per heavy atom. The Labute approximate surface area is 80.5 Å². The van der Waals surface area contributed by atoms with Crippen LogP contribution in [0.4, 0.5) is 5.82 Å². The third kappa shape index (κ3) is 3.28. The fourth-order valence-electron chi connectivity index (χ4n) is 0.998. The van der Waals surface area contributed by atoms with Crippen LogP contribution in [0.3, 0.4) is 0 Å². The van der Waals surface area contributed by atoms with Crippen molar-refractivity contribution >= 4 is 11.9 Å². The van der Waals surface area contributed by atoms with Crippen molar-refractivity contribution in [3.05, 3.63) is 30.0 Å². The van der Waals surface area contributed by atoms with Crippen LogP contribution in [-0.4, -0.2) is 4.98 Å². The van der Waals surface area contributed by atoms with Crippen molar-refractivity contribution in [1.29, 1.82) is 0 Å². The number of anilines is 1. The summed E-state index contributed by atoms with van der Waals surface area (Å²) >= 11 is 0. The molecule has 0 aliphatic rings. The van der Waals surface area contributed by atoms with Crippen LogP contribution in [0.5, 0.6) is 0 Å². The topological polar surface area (TPSA) is 38.9 Å². The fraction of sp³-hybridized carbons (Fsp3) is 0.364. The summed E-state index contributed by atoms with van der Waals surface area (Å²) in [5.41, 5.74) is 7.60. The number of hydrogen-bond donors (Lipinski definition) is 1. The van der Waals surface area contributed by atoms with Gasteiger partial charge in [0.1, 0.15) is 5.82 Å². The largest absolute Gasteiger partial charge is 0.384 e. The molecular formula is C11H18N2. The van der Waals surface area contributed by atoms with E-state index >= 15 is 0 Å². The van der Waals surface area contributed by atoms with E-state index in [1.54, 1.807) is 12.1 Å². The maximum Gasteiger partial charge on any atom is 0.123 e. The zero-order valence-corrected chi connectivity index (χ0v) is 8.67. The van der Waals surface area contributed by atoms with Crippen molar-refractivity contribution in [2.24, 2.45) is 0 Å². The summed E-state index contributed by atoms with van der Waals surface area (Å²) < 4.78 is 0. The minimum Gasteiger partial charge on any atom is -0.384 e. The highest BCUT2D eigenvalue weighted by Crippen LogP contribution is 2.10. The first-order valence-electron chi connectivity index (χ1n) is 4.65. The van der Waals surface area contributed by atoms with Gasteiger partial charge in [0.15, 0.2) is 0 Å². The molecule has 2 heteroatoms. The second-order valence-corrected chi connectivity index (χ2v) is 2.33. The highest BCUT2D eigenvalue weighted by Gasteiger charge is 1.97. The van der Waals surface area contributed by atoms with Gasteiger partial charge >= 0.3 is 0 Å². The molecule has 1 aromatic rings. The minimum absolute atomic E-state index is 0.576. The van der Waals surface area contributed by atoms with Gasteiger partial charge in [0, 0.05) is 5.69 Å². The van der Waals surface area contributed by atoms with E-state index in [4.69, 9.17) is 5.73 Å². The maximum absolute atomic E-state index is 5.51. The molecule has 1 aromatic heterocycles. The Kier molecular flexibility index (Phi) is 5.60. The Hall–Kier alpha value is -1.31. The van der Waals surface area contributed by atoms with Gasteiger partial charge in [-0.25, -0.2) is 4.98 Å². The highest BCUT2D eigenvalue weighted by molar-refractivity contribution is 5.52. The zero-order valence-electron chi connectivity index (χ0n) is 8.67. The van der Waals surface area contributed by atoms with Crippen LogP contribution in [0.25, 0.3) is 6.08 Å². The van der Waals surface area contributed by atoms with Crippen molar-refractivity contribution < 1.29 is 0 Å². The number of aryl methyl sites for hydroxylation is 1. The van der Waals surface area contributed by atoms with Crippen molar-refractivity contribution in [3.63, 3.8) is 0 Å². The summed E-state index contributed by atoms with van der Waals surface area (Å²) in [4.78, 5) is 4.17. The second-order valence-electron chi connectivity index (χ2n) is 2.33. The molecule has 1 rings (SSSR count). The molecule has 0 saturated heterocycles. The summed E-state index contributed by atoms with van der Waals surface area (Å²) in [5, 5.41) is 0. The average molecular weight is 178 g/mol. The maximum atomic E-state index is 5.51. The number of pyridine rings is 1. The molecular weight excluding hydrogens is 160 g/mol. The fourth-order valence-corrected chi connectivity index (χ4v) is 0.998. The lowest BCUT2D eigenvalue weighted by Crippen LogP contribution is -1.96. The Bertz CT molecular complexity index is 267. The monoisotopic (exact) mass is 178 g/mol. The quantitative estimate of drug-likeness (QED) is 0.756. The molecule has 72 valence electrons. The van der Waals surface area contributed by atoms with Crippen LogP contribution in [0.1, 0.15) is 32.0 Å². The van der Waals surface area contributed by atoms with E-state index in [9.17, 15) is 0 Å². The Balaban J connectivity index is 0.000000671. The highest BCUT2D eigenvalue weighted by atomic mass is 14.8. The predicted octanol–water partition coefficient (Wildman–Crippen LogP) is 2.90. The van der Waals surface area contributed by atoms with E-state index < -0.39 is 0 Å². The summed E-state index contributed by atoms with van der Waals surface area (Å²) in [6.07, 6.45) is 2.69. The lowest BCUT2D eigenvalue weighted by molar-refractivity contribution is 1.03. The number of nitrogen functional groups attached to an aromatic ring is 1. The SMILES string of the molecule is C=Cc1ccc(N)nc1CC.CC. The molecule has 0 radical (unpaired) electrons. The van der Waals surface area contributed by atoms with E-state index in [2.05, 4.69) is 18.5 Å². The van der Waals surface area contributed by atoms with Crippen LogP contribution < -0.4 is 5.73 Å². The number of nitrogens with two attached hydrogens (primary N) is 1. The molecule has 2 nitrogen and oxygen atoms in total. The standard InChI is InChI=1S/C9H12N2.C2H6/c1-3-7-5-6-9(10)11-8(7)4-2;1-2/h3,5-6H,1,4H2,2H3,(H2,10,11);1-2H3. The molecule has 0 aliphatic heterocycles. The van der Waals surface area contributed by atoms with Gasteiger partial charge in [-0.2, -0.15) is 0 Å². The summed E-state index contributed by atoms with van der Waals surface area (Å²) in [7, 11) is 0. The average Bonchev–Trinajstić information content (AvgIpc) is 2.20. The van der Waals surface area contributed by atoms with Gasteiger partial charge in [-0.05, 0) is 24.1 Å². The molecule has 2 N–H and O–H groups in total. The van der Waals surface area contributed by atoms with Crippen molar-refractivity contribution in [3.8, 4) is 0 Å². The van der Waals surface area contributed by atoms with E-state index in [1.807, 2.05) is 19.9 Å². The molecule has 0 spiro atoms. The molecule has 0 aliphatic carbocycles. The minimum atomic E-state index is 0.576. The number of aromatic nitrogens is 1. The smallest absolute Gasteiger partial charge is 0.123 e. The normalized spacial score (nSPS) is 8.54. The first-order valence-corrected chi connectivity index (χ1v) is 4.65. The van der Waals surface area contributed by atoms with Crippen LogP contribution in [-0.2, 0) is 6.42 Å². The van der Waals surface area contributed by atoms with Crippen molar-refractivity contribution in [2.75, 3.05) is 5.73 Å². The van der Waals surface area contributed by atoms with Gasteiger partial charge in [-0.3, -0.25) is 0 Å². The van der Waals surface area contributed by atoms with Crippen molar-refractivity contribution in [1.82, 2.24) is 4.98 Å². The van der Waals surface area contributed by atoms with Crippen LogP contribution in [0.15, 0.2) is 18.7 Å². The van der Waals surface area contributed by atoms with Crippen molar-refractivity contribution in [2.45, 2.75) is 27.2 Å². The van der Waals surface area contributed by atoms with Gasteiger partial charge in [-0.1, -0.05) is 33.4 Å².